The van der Waals surface area contributed by atoms with Gasteiger partial charge in [0.1, 0.15) is 0 Å². The lowest BCUT2D eigenvalue weighted by molar-refractivity contribution is 0.709. The Morgan fingerprint density at radius 3 is 2.82 bits per heavy atom. The summed E-state index contributed by atoms with van der Waals surface area (Å²) >= 11 is 1.90. The molecule has 0 aliphatic rings. The number of hydrogen-bond donors (Lipinski definition) is 1. The number of nitrogens with one attached hydrogen (secondary N) is 1. The topological polar surface area (TPSA) is 12.0 Å². The van der Waals surface area contributed by atoms with Gasteiger partial charge >= 0.3 is 0 Å². The van der Waals surface area contributed by atoms with Crippen molar-refractivity contribution >= 4 is 11.8 Å². The molecular weight excluding hydrogens is 154 g/mol. The van der Waals surface area contributed by atoms with Gasteiger partial charge in [-0.05, 0) is 31.4 Å². The molecule has 0 spiro atoms. The smallest absolute Gasteiger partial charge is 0.0161 e. The Hall–Kier alpha value is 0.0500. The van der Waals surface area contributed by atoms with Crippen LogP contribution >= 0.6 is 11.8 Å². The normalized spacial score (nSPS) is 10.0. The highest BCUT2D eigenvalue weighted by Gasteiger charge is 1.89. The van der Waals surface area contributed by atoms with Crippen LogP contribution in [0.5, 0.6) is 0 Å². The summed E-state index contributed by atoms with van der Waals surface area (Å²) in [7, 11) is 0. The summed E-state index contributed by atoms with van der Waals surface area (Å²) in [6.07, 6.45) is 4.50. The van der Waals surface area contributed by atoms with Crippen molar-refractivity contribution in [2.75, 3.05) is 25.1 Å². The quantitative estimate of drug-likeness (QED) is 0.468. The van der Waals surface area contributed by atoms with Gasteiger partial charge in [-0.2, -0.15) is 11.8 Å². The molecule has 0 aromatic rings. The molecule has 0 saturated heterocycles. The maximum atomic E-state index is 3.92. The van der Waals surface area contributed by atoms with Crippen LogP contribution < -0.4 is 5.32 Å². The third-order valence-electron chi connectivity index (χ3n) is 1.58. The molecule has 0 bridgehead atoms. The second-order valence-corrected chi connectivity index (χ2v) is 3.61. The van der Waals surface area contributed by atoms with Gasteiger partial charge < -0.3 is 5.32 Å². The van der Waals surface area contributed by atoms with Crippen molar-refractivity contribution in [1.29, 1.82) is 0 Å². The number of rotatable bonds is 7. The van der Waals surface area contributed by atoms with Gasteiger partial charge in [-0.15, -0.1) is 0 Å². The van der Waals surface area contributed by atoms with Crippen molar-refractivity contribution in [3.63, 3.8) is 0 Å². The summed E-state index contributed by atoms with van der Waals surface area (Å²) in [6.45, 7) is 8.18. The van der Waals surface area contributed by atoms with E-state index in [0.29, 0.717) is 0 Å². The molecule has 66 valence electrons. The Morgan fingerprint density at radius 1 is 1.55 bits per heavy atom. The fourth-order valence-electron chi connectivity index (χ4n) is 0.732. The van der Waals surface area contributed by atoms with E-state index >= 15 is 0 Å². The van der Waals surface area contributed by atoms with Crippen LogP contribution in [0.2, 0.25) is 0 Å². The Balaban J connectivity index is 2.95. The predicted molar refractivity (Wildman–Crippen MR) is 55.3 cm³/mol. The molecule has 0 radical (unpaired) electrons. The zero-order chi connectivity index (χ0) is 8.53. The van der Waals surface area contributed by atoms with E-state index in [1.54, 1.807) is 0 Å². The average molecular weight is 173 g/mol. The van der Waals surface area contributed by atoms with E-state index in [4.69, 9.17) is 0 Å². The molecule has 1 nitrogen and oxygen atoms in total. The fraction of sp³-hybridized carbons (Fsp3) is 0.778. The summed E-state index contributed by atoms with van der Waals surface area (Å²) < 4.78 is 0. The summed E-state index contributed by atoms with van der Waals surface area (Å²) in [4.78, 5) is 0. The Labute approximate surface area is 74.6 Å². The van der Waals surface area contributed by atoms with E-state index < -0.39 is 0 Å². The van der Waals surface area contributed by atoms with E-state index in [9.17, 15) is 0 Å². The van der Waals surface area contributed by atoms with Gasteiger partial charge in [-0.3, -0.25) is 0 Å². The van der Waals surface area contributed by atoms with Crippen molar-refractivity contribution in [3.05, 3.63) is 12.2 Å². The summed E-state index contributed by atoms with van der Waals surface area (Å²) in [5.41, 5.74) is 1.30. The molecule has 0 aromatic heterocycles. The SMILES string of the molecule is C=C(CC)CNCCCSC. The first-order valence-corrected chi connectivity index (χ1v) is 5.57. The maximum Gasteiger partial charge on any atom is 0.0161 e. The van der Waals surface area contributed by atoms with Crippen molar-refractivity contribution < 1.29 is 0 Å². The van der Waals surface area contributed by atoms with E-state index in [1.807, 2.05) is 11.8 Å². The van der Waals surface area contributed by atoms with Crippen molar-refractivity contribution in [2.24, 2.45) is 0 Å². The Kier molecular flexibility index (Phi) is 8.19. The van der Waals surface area contributed by atoms with Crippen molar-refractivity contribution in [1.82, 2.24) is 5.32 Å². The Morgan fingerprint density at radius 2 is 2.27 bits per heavy atom. The van der Waals surface area contributed by atoms with Gasteiger partial charge in [-0.25, -0.2) is 0 Å². The van der Waals surface area contributed by atoms with Crippen molar-refractivity contribution in [2.45, 2.75) is 19.8 Å². The minimum absolute atomic E-state index is 0.991. The zero-order valence-electron chi connectivity index (χ0n) is 7.65. The van der Waals surface area contributed by atoms with Crippen molar-refractivity contribution in [3.8, 4) is 0 Å². The minimum Gasteiger partial charge on any atom is -0.313 e. The minimum atomic E-state index is 0.991. The average Bonchev–Trinajstić information content (AvgIpc) is 2.04. The van der Waals surface area contributed by atoms with Crippen LogP contribution in [0.25, 0.3) is 0 Å². The first-order valence-electron chi connectivity index (χ1n) is 4.17. The van der Waals surface area contributed by atoms with Crippen LogP contribution in [0.1, 0.15) is 19.8 Å². The van der Waals surface area contributed by atoms with E-state index in [1.165, 1.54) is 17.7 Å². The molecule has 0 aliphatic heterocycles. The molecule has 11 heavy (non-hydrogen) atoms. The molecule has 0 aromatic carbocycles. The maximum absolute atomic E-state index is 3.92. The molecule has 1 N–H and O–H groups in total. The monoisotopic (exact) mass is 173 g/mol. The van der Waals surface area contributed by atoms with Gasteiger partial charge in [0, 0.05) is 6.54 Å². The first-order chi connectivity index (χ1) is 5.31. The molecule has 0 fully saturated rings. The molecular formula is C9H19NS. The third-order valence-corrected chi connectivity index (χ3v) is 2.27. The summed E-state index contributed by atoms with van der Waals surface area (Å²) in [5.74, 6) is 1.26. The van der Waals surface area contributed by atoms with Gasteiger partial charge in [-0.1, -0.05) is 19.1 Å². The van der Waals surface area contributed by atoms with Crippen LogP contribution in [0.15, 0.2) is 12.2 Å². The summed E-state index contributed by atoms with van der Waals surface area (Å²) in [5, 5.41) is 3.36. The lowest BCUT2D eigenvalue weighted by atomic mass is 10.2. The second-order valence-electron chi connectivity index (χ2n) is 2.63. The third kappa shape index (κ3) is 7.95. The zero-order valence-corrected chi connectivity index (χ0v) is 8.47. The molecule has 2 heteroatoms. The molecule has 0 rings (SSSR count). The molecule has 0 heterocycles. The predicted octanol–water partition coefficient (Wildman–Crippen LogP) is 2.30. The van der Waals surface area contributed by atoms with Crippen LogP contribution in [0, 0.1) is 0 Å². The fourth-order valence-corrected chi connectivity index (χ4v) is 1.16. The highest BCUT2D eigenvalue weighted by molar-refractivity contribution is 7.98. The molecule has 0 saturated carbocycles. The summed E-state index contributed by atoms with van der Waals surface area (Å²) in [6, 6.07) is 0. The number of hydrogen-bond acceptors (Lipinski definition) is 2. The van der Waals surface area contributed by atoms with Crippen LogP contribution in [-0.2, 0) is 0 Å². The standard InChI is InChI=1S/C9H19NS/c1-4-9(2)8-10-6-5-7-11-3/h10H,2,4-8H2,1,3H3. The first kappa shape index (κ1) is 11.1. The lowest BCUT2D eigenvalue weighted by Gasteiger charge is -2.04. The van der Waals surface area contributed by atoms with E-state index in [2.05, 4.69) is 25.1 Å². The number of thioether (sulfide) groups is 1. The molecule has 0 amide bonds. The van der Waals surface area contributed by atoms with Crippen LogP contribution in [-0.4, -0.2) is 25.1 Å². The van der Waals surface area contributed by atoms with E-state index in [0.717, 1.165) is 19.5 Å². The second kappa shape index (κ2) is 8.15. The Bertz CT molecular complexity index is 102. The van der Waals surface area contributed by atoms with Gasteiger partial charge in [0.15, 0.2) is 0 Å². The van der Waals surface area contributed by atoms with E-state index in [-0.39, 0.29) is 0 Å². The van der Waals surface area contributed by atoms with Gasteiger partial charge in [0.2, 0.25) is 0 Å². The highest BCUT2D eigenvalue weighted by atomic mass is 32.2. The molecule has 0 aliphatic carbocycles. The molecule has 0 unspecified atom stereocenters. The lowest BCUT2D eigenvalue weighted by Crippen LogP contribution is -2.18. The van der Waals surface area contributed by atoms with Crippen LogP contribution in [0.4, 0.5) is 0 Å². The van der Waals surface area contributed by atoms with Crippen LogP contribution in [0.3, 0.4) is 0 Å². The van der Waals surface area contributed by atoms with Gasteiger partial charge in [0.25, 0.3) is 0 Å². The highest BCUT2D eigenvalue weighted by Crippen LogP contribution is 1.95. The molecule has 0 atom stereocenters. The largest absolute Gasteiger partial charge is 0.313 e. The van der Waals surface area contributed by atoms with Gasteiger partial charge in [0.05, 0.1) is 0 Å².